The van der Waals surface area contributed by atoms with Crippen LogP contribution in [0.3, 0.4) is 0 Å². The SMILES string of the molecule is CC1CC1C(=O)Nc1ccc(C=CC(=O)O)cc1F. The molecule has 1 fully saturated rings. The van der Waals surface area contributed by atoms with Crippen molar-refractivity contribution in [1.29, 1.82) is 0 Å². The van der Waals surface area contributed by atoms with Crippen LogP contribution in [0.25, 0.3) is 6.08 Å². The molecule has 1 amide bonds. The van der Waals surface area contributed by atoms with E-state index in [0.29, 0.717) is 11.5 Å². The first kappa shape index (κ1) is 13.3. The summed E-state index contributed by atoms with van der Waals surface area (Å²) in [6.45, 7) is 1.97. The van der Waals surface area contributed by atoms with Gasteiger partial charge in [0.25, 0.3) is 0 Å². The molecule has 0 aromatic heterocycles. The highest BCUT2D eigenvalue weighted by atomic mass is 19.1. The van der Waals surface area contributed by atoms with Gasteiger partial charge in [-0.05, 0) is 36.1 Å². The lowest BCUT2D eigenvalue weighted by Crippen LogP contribution is -2.15. The predicted molar refractivity (Wildman–Crippen MR) is 69.0 cm³/mol. The van der Waals surface area contributed by atoms with Crippen LogP contribution in [0, 0.1) is 17.7 Å². The lowest BCUT2D eigenvalue weighted by Gasteiger charge is -2.06. The zero-order chi connectivity index (χ0) is 14.0. The summed E-state index contributed by atoms with van der Waals surface area (Å²) in [5, 5.41) is 11.0. The summed E-state index contributed by atoms with van der Waals surface area (Å²) in [7, 11) is 0. The van der Waals surface area contributed by atoms with Crippen LogP contribution in [0.5, 0.6) is 0 Å². The van der Waals surface area contributed by atoms with Crippen molar-refractivity contribution >= 4 is 23.6 Å². The highest BCUT2D eigenvalue weighted by Gasteiger charge is 2.39. The fraction of sp³-hybridized carbons (Fsp3) is 0.286. The minimum atomic E-state index is -1.10. The molecule has 100 valence electrons. The summed E-state index contributed by atoms with van der Waals surface area (Å²) in [6.07, 6.45) is 3.06. The van der Waals surface area contributed by atoms with Crippen molar-refractivity contribution in [2.75, 3.05) is 5.32 Å². The van der Waals surface area contributed by atoms with Crippen molar-refractivity contribution in [3.05, 3.63) is 35.7 Å². The topological polar surface area (TPSA) is 66.4 Å². The number of nitrogens with one attached hydrogen (secondary N) is 1. The molecule has 2 atom stereocenters. The summed E-state index contributed by atoms with van der Waals surface area (Å²) in [4.78, 5) is 22.0. The molecule has 1 aromatic rings. The second-order valence-electron chi connectivity index (χ2n) is 4.72. The molecule has 0 heterocycles. The molecule has 0 saturated heterocycles. The molecule has 2 unspecified atom stereocenters. The van der Waals surface area contributed by atoms with Crippen LogP contribution >= 0.6 is 0 Å². The van der Waals surface area contributed by atoms with Crippen molar-refractivity contribution in [3.63, 3.8) is 0 Å². The minimum Gasteiger partial charge on any atom is -0.478 e. The molecule has 1 aromatic carbocycles. The zero-order valence-corrected chi connectivity index (χ0v) is 10.4. The largest absolute Gasteiger partial charge is 0.478 e. The third-order valence-corrected chi connectivity index (χ3v) is 3.12. The average Bonchev–Trinajstić information content (AvgIpc) is 3.07. The van der Waals surface area contributed by atoms with Gasteiger partial charge in [-0.15, -0.1) is 0 Å². The number of carbonyl (C=O) groups excluding carboxylic acids is 1. The van der Waals surface area contributed by atoms with E-state index in [1.165, 1.54) is 18.2 Å². The smallest absolute Gasteiger partial charge is 0.328 e. The van der Waals surface area contributed by atoms with E-state index in [9.17, 15) is 14.0 Å². The number of benzene rings is 1. The normalized spacial score (nSPS) is 21.4. The van der Waals surface area contributed by atoms with Gasteiger partial charge in [0.15, 0.2) is 0 Å². The lowest BCUT2D eigenvalue weighted by atomic mass is 10.1. The molecule has 1 aliphatic rings. The van der Waals surface area contributed by atoms with E-state index in [1.807, 2.05) is 6.92 Å². The Hall–Kier alpha value is -2.17. The van der Waals surface area contributed by atoms with Gasteiger partial charge >= 0.3 is 5.97 Å². The fourth-order valence-electron chi connectivity index (χ4n) is 1.82. The minimum absolute atomic E-state index is 0.0222. The first-order valence-electron chi connectivity index (χ1n) is 5.99. The molecule has 1 saturated carbocycles. The van der Waals surface area contributed by atoms with Crippen LogP contribution in [0.4, 0.5) is 10.1 Å². The fourth-order valence-corrected chi connectivity index (χ4v) is 1.82. The third kappa shape index (κ3) is 3.40. The monoisotopic (exact) mass is 263 g/mol. The van der Waals surface area contributed by atoms with Gasteiger partial charge in [0.2, 0.25) is 5.91 Å². The van der Waals surface area contributed by atoms with Crippen LogP contribution in [-0.2, 0) is 9.59 Å². The number of aliphatic carboxylic acids is 1. The Kier molecular flexibility index (Phi) is 3.64. The van der Waals surface area contributed by atoms with Gasteiger partial charge in [-0.3, -0.25) is 4.79 Å². The van der Waals surface area contributed by atoms with Gasteiger partial charge < -0.3 is 10.4 Å². The van der Waals surface area contributed by atoms with E-state index in [2.05, 4.69) is 5.32 Å². The van der Waals surface area contributed by atoms with Crippen molar-refractivity contribution in [1.82, 2.24) is 0 Å². The third-order valence-electron chi connectivity index (χ3n) is 3.12. The maximum atomic E-state index is 13.7. The number of anilines is 1. The number of rotatable bonds is 4. The Labute approximate surface area is 109 Å². The van der Waals surface area contributed by atoms with E-state index in [4.69, 9.17) is 5.11 Å². The highest BCUT2D eigenvalue weighted by molar-refractivity contribution is 5.94. The Balaban J connectivity index is 2.06. The number of hydrogen-bond donors (Lipinski definition) is 2. The van der Waals surface area contributed by atoms with E-state index >= 15 is 0 Å². The first-order valence-corrected chi connectivity index (χ1v) is 5.99. The first-order chi connectivity index (χ1) is 8.97. The van der Waals surface area contributed by atoms with E-state index < -0.39 is 11.8 Å². The maximum absolute atomic E-state index is 13.7. The molecule has 5 heteroatoms. The molecule has 0 spiro atoms. The van der Waals surface area contributed by atoms with Gasteiger partial charge in [-0.1, -0.05) is 13.0 Å². The summed E-state index contributed by atoms with van der Waals surface area (Å²) in [5.41, 5.74) is 0.550. The number of hydrogen-bond acceptors (Lipinski definition) is 2. The second-order valence-corrected chi connectivity index (χ2v) is 4.72. The maximum Gasteiger partial charge on any atom is 0.328 e. The molecular formula is C14H14FNO3. The molecule has 0 bridgehead atoms. The number of halogens is 1. The van der Waals surface area contributed by atoms with Crippen molar-refractivity contribution < 1.29 is 19.1 Å². The van der Waals surface area contributed by atoms with E-state index in [0.717, 1.165) is 12.5 Å². The Bertz CT molecular complexity index is 554. The van der Waals surface area contributed by atoms with Crippen molar-refractivity contribution in [3.8, 4) is 0 Å². The Morgan fingerprint density at radius 1 is 1.47 bits per heavy atom. The van der Waals surface area contributed by atoms with Crippen LogP contribution in [0.1, 0.15) is 18.9 Å². The molecule has 0 radical (unpaired) electrons. The summed E-state index contributed by atoms with van der Waals surface area (Å²) in [5.74, 6) is -1.50. The zero-order valence-electron chi connectivity index (χ0n) is 10.4. The second kappa shape index (κ2) is 5.22. The van der Waals surface area contributed by atoms with Gasteiger partial charge in [-0.25, -0.2) is 9.18 Å². The highest BCUT2D eigenvalue weighted by Crippen LogP contribution is 2.38. The van der Waals surface area contributed by atoms with Gasteiger partial charge in [0, 0.05) is 12.0 Å². The lowest BCUT2D eigenvalue weighted by molar-refractivity contribution is -0.131. The number of carboxylic acids is 1. The summed E-state index contributed by atoms with van der Waals surface area (Å²) in [6, 6.07) is 4.17. The van der Waals surface area contributed by atoms with Crippen LogP contribution in [0.15, 0.2) is 24.3 Å². The quantitative estimate of drug-likeness (QED) is 0.820. The predicted octanol–water partition coefficient (Wildman–Crippen LogP) is 2.52. The molecule has 4 nitrogen and oxygen atoms in total. The molecule has 19 heavy (non-hydrogen) atoms. The van der Waals surface area contributed by atoms with Gasteiger partial charge in [0.05, 0.1) is 5.69 Å². The van der Waals surface area contributed by atoms with Crippen LogP contribution in [0.2, 0.25) is 0 Å². The Morgan fingerprint density at radius 3 is 2.68 bits per heavy atom. The van der Waals surface area contributed by atoms with Crippen LogP contribution in [-0.4, -0.2) is 17.0 Å². The average molecular weight is 263 g/mol. The molecule has 0 aliphatic heterocycles. The standard InChI is InChI=1S/C14H14FNO3/c1-8-6-10(8)14(19)16-12-4-2-9(7-11(12)15)3-5-13(17)18/h2-5,7-8,10H,6H2,1H3,(H,16,19)(H,17,18). The molecular weight excluding hydrogens is 249 g/mol. The van der Waals surface area contributed by atoms with Crippen LogP contribution < -0.4 is 5.32 Å². The van der Waals surface area contributed by atoms with Crippen molar-refractivity contribution in [2.45, 2.75) is 13.3 Å². The Morgan fingerprint density at radius 2 is 2.16 bits per heavy atom. The number of carbonyl (C=O) groups is 2. The van der Waals surface area contributed by atoms with E-state index in [-0.39, 0.29) is 17.5 Å². The van der Waals surface area contributed by atoms with Gasteiger partial charge in [-0.2, -0.15) is 0 Å². The van der Waals surface area contributed by atoms with Gasteiger partial charge in [0.1, 0.15) is 5.82 Å². The molecule has 2 N–H and O–H groups in total. The number of carboxylic acid groups (broad SMARTS) is 1. The number of amides is 1. The summed E-state index contributed by atoms with van der Waals surface area (Å²) >= 11 is 0. The molecule has 2 rings (SSSR count). The van der Waals surface area contributed by atoms with E-state index in [1.54, 1.807) is 6.07 Å². The summed E-state index contributed by atoms with van der Waals surface area (Å²) < 4.78 is 13.7. The van der Waals surface area contributed by atoms with Crippen molar-refractivity contribution in [2.24, 2.45) is 11.8 Å². The molecule has 1 aliphatic carbocycles.